The van der Waals surface area contributed by atoms with Gasteiger partial charge in [-0.05, 0) is 82.7 Å². The van der Waals surface area contributed by atoms with E-state index in [9.17, 15) is 4.79 Å². The number of piperidine rings is 1. The van der Waals surface area contributed by atoms with Gasteiger partial charge >= 0.3 is 0 Å². The number of nitrogens with zero attached hydrogens (tertiary/aromatic N) is 4. The number of fused-ring (bicyclic) bond motifs is 2. The largest absolute Gasteiger partial charge is 0.307 e. The third-order valence-electron chi connectivity index (χ3n) is 6.43. The molecular weight excluding hydrogens is 400 g/mol. The maximum absolute atomic E-state index is 13.1. The molecule has 3 aromatic heterocycles. The molecule has 0 amide bonds. The predicted octanol–water partition coefficient (Wildman–Crippen LogP) is 4.20. The molecule has 5 rings (SSSR count). The van der Waals surface area contributed by atoms with Gasteiger partial charge in [0, 0.05) is 41.5 Å². The lowest BCUT2D eigenvalue weighted by Gasteiger charge is -2.46. The van der Waals surface area contributed by atoms with Gasteiger partial charge in [-0.1, -0.05) is 0 Å². The van der Waals surface area contributed by atoms with Crippen molar-refractivity contribution in [2.75, 3.05) is 0 Å². The molecule has 1 fully saturated rings. The molecular formula is C25H30N6O. The molecule has 0 saturated carbocycles. The van der Waals surface area contributed by atoms with Gasteiger partial charge in [-0.3, -0.25) is 9.48 Å². The van der Waals surface area contributed by atoms with Crippen molar-refractivity contribution in [2.24, 2.45) is 7.05 Å². The van der Waals surface area contributed by atoms with E-state index in [1.165, 1.54) is 0 Å². The quantitative estimate of drug-likeness (QED) is 0.497. The highest BCUT2D eigenvalue weighted by Gasteiger charge is 2.38. The highest BCUT2D eigenvalue weighted by Crippen LogP contribution is 2.39. The summed E-state index contributed by atoms with van der Waals surface area (Å²) in [6.45, 7) is 11.0. The molecule has 0 atom stereocenters. The Balaban J connectivity index is 1.57. The Bertz CT molecular complexity index is 1400. The summed E-state index contributed by atoms with van der Waals surface area (Å²) < 4.78 is 1.80. The highest BCUT2D eigenvalue weighted by atomic mass is 16.1. The van der Waals surface area contributed by atoms with Crippen LogP contribution in [-0.4, -0.2) is 35.8 Å². The summed E-state index contributed by atoms with van der Waals surface area (Å²) in [5, 5.41) is 9.77. The molecule has 0 aliphatic carbocycles. The van der Waals surface area contributed by atoms with E-state index in [0.717, 1.165) is 40.4 Å². The molecule has 0 radical (unpaired) electrons. The molecule has 7 heteroatoms. The number of nitrogens with one attached hydrogen (secondary N) is 2. The van der Waals surface area contributed by atoms with Gasteiger partial charge in [0.15, 0.2) is 5.65 Å². The molecule has 1 saturated heterocycles. The normalized spacial score (nSPS) is 18.4. The van der Waals surface area contributed by atoms with Gasteiger partial charge < -0.3 is 10.3 Å². The van der Waals surface area contributed by atoms with E-state index in [1.807, 2.05) is 44.6 Å². The van der Waals surface area contributed by atoms with E-state index in [2.05, 4.69) is 48.1 Å². The van der Waals surface area contributed by atoms with Crippen LogP contribution in [0.3, 0.4) is 0 Å². The number of aryl methyl sites for hydroxylation is 2. The van der Waals surface area contributed by atoms with Crippen LogP contribution in [-0.2, 0) is 7.05 Å². The number of H-pyrrole nitrogens is 1. The maximum Gasteiger partial charge on any atom is 0.260 e. The maximum atomic E-state index is 13.1. The van der Waals surface area contributed by atoms with Gasteiger partial charge in [-0.25, -0.2) is 9.97 Å². The predicted molar refractivity (Wildman–Crippen MR) is 128 cm³/mol. The minimum absolute atomic E-state index is 0.0265. The molecule has 32 heavy (non-hydrogen) atoms. The van der Waals surface area contributed by atoms with Crippen LogP contribution in [0.4, 0.5) is 0 Å². The molecule has 4 aromatic rings. The van der Waals surface area contributed by atoms with Gasteiger partial charge in [0.05, 0.1) is 10.9 Å². The minimum Gasteiger partial charge on any atom is -0.307 e. The summed E-state index contributed by atoms with van der Waals surface area (Å²) in [5.74, 6) is 0.869. The molecule has 1 aliphatic rings. The first-order valence-electron chi connectivity index (χ1n) is 11.1. The monoisotopic (exact) mass is 430 g/mol. The molecule has 7 nitrogen and oxygen atoms in total. The first-order valence-corrected chi connectivity index (χ1v) is 11.1. The zero-order valence-corrected chi connectivity index (χ0v) is 19.6. The number of aromatic nitrogens is 5. The summed E-state index contributed by atoms with van der Waals surface area (Å²) in [5.41, 5.74) is 4.33. The summed E-state index contributed by atoms with van der Waals surface area (Å²) in [6, 6.07) is 6.00. The Hall–Kier alpha value is -3.06. The van der Waals surface area contributed by atoms with Crippen LogP contribution in [0, 0.1) is 6.92 Å². The molecule has 166 valence electrons. The standard InChI is InChI=1S/C25H30N6O/c1-14-7-15(8-17-13-31(6)29-20(14)17)21-27-22-19(23(32)28-21)9-16(12-26-22)18-10-24(2,3)30-25(4,5)11-18/h7-9,12-13,18,30H,10-11H2,1-6H3,(H,26,27,28,32). The van der Waals surface area contributed by atoms with Gasteiger partial charge in [-0.15, -0.1) is 0 Å². The number of aromatic amines is 1. The Labute approximate surface area is 187 Å². The van der Waals surface area contributed by atoms with Crippen LogP contribution in [0.15, 0.2) is 35.4 Å². The number of rotatable bonds is 2. The van der Waals surface area contributed by atoms with E-state index in [0.29, 0.717) is 22.8 Å². The van der Waals surface area contributed by atoms with Crippen molar-refractivity contribution in [3.8, 4) is 11.4 Å². The average Bonchev–Trinajstić information content (AvgIpc) is 3.06. The van der Waals surface area contributed by atoms with E-state index in [1.54, 1.807) is 4.68 Å². The van der Waals surface area contributed by atoms with Crippen LogP contribution in [0.5, 0.6) is 0 Å². The van der Waals surface area contributed by atoms with E-state index in [-0.39, 0.29) is 16.6 Å². The van der Waals surface area contributed by atoms with Crippen molar-refractivity contribution in [3.05, 3.63) is 52.1 Å². The van der Waals surface area contributed by atoms with Crippen LogP contribution in [0.1, 0.15) is 57.6 Å². The van der Waals surface area contributed by atoms with E-state index < -0.39 is 0 Å². The van der Waals surface area contributed by atoms with E-state index >= 15 is 0 Å². The summed E-state index contributed by atoms with van der Waals surface area (Å²) in [4.78, 5) is 25.4. The van der Waals surface area contributed by atoms with Crippen LogP contribution in [0.2, 0.25) is 0 Å². The Kier molecular flexibility index (Phi) is 4.53. The van der Waals surface area contributed by atoms with Gasteiger partial charge in [-0.2, -0.15) is 5.10 Å². The minimum atomic E-state index is -0.157. The van der Waals surface area contributed by atoms with Gasteiger partial charge in [0.25, 0.3) is 5.56 Å². The molecule has 4 heterocycles. The fourth-order valence-corrected chi connectivity index (χ4v) is 5.52. The number of hydrogen-bond donors (Lipinski definition) is 2. The number of pyridine rings is 1. The van der Waals surface area contributed by atoms with Crippen molar-refractivity contribution >= 4 is 21.9 Å². The zero-order valence-electron chi connectivity index (χ0n) is 19.6. The second-order valence-corrected chi connectivity index (χ2v) is 10.6. The number of hydrogen-bond acceptors (Lipinski definition) is 5. The smallest absolute Gasteiger partial charge is 0.260 e. The third-order valence-corrected chi connectivity index (χ3v) is 6.43. The van der Waals surface area contributed by atoms with Crippen LogP contribution >= 0.6 is 0 Å². The Morgan fingerprint density at radius 2 is 1.81 bits per heavy atom. The third kappa shape index (κ3) is 3.71. The zero-order chi connectivity index (χ0) is 22.8. The fourth-order valence-electron chi connectivity index (χ4n) is 5.52. The SMILES string of the molecule is Cc1cc(-c2nc3ncc(C4CC(C)(C)NC(C)(C)C4)cc3c(=O)[nH]2)cc2cn(C)nc12. The van der Waals surface area contributed by atoms with Crippen molar-refractivity contribution in [1.82, 2.24) is 30.0 Å². The molecule has 0 unspecified atom stereocenters. The number of benzene rings is 1. The second kappa shape index (κ2) is 6.97. The first kappa shape index (κ1) is 20.8. The average molecular weight is 431 g/mol. The Morgan fingerprint density at radius 3 is 2.53 bits per heavy atom. The van der Waals surface area contributed by atoms with Crippen LogP contribution < -0.4 is 10.9 Å². The van der Waals surface area contributed by atoms with E-state index in [4.69, 9.17) is 4.98 Å². The van der Waals surface area contributed by atoms with Gasteiger partial charge in [0.2, 0.25) is 0 Å². The Morgan fingerprint density at radius 1 is 1.09 bits per heavy atom. The summed E-state index contributed by atoms with van der Waals surface area (Å²) in [7, 11) is 1.90. The topological polar surface area (TPSA) is 88.5 Å². The first-order chi connectivity index (χ1) is 15.0. The lowest BCUT2D eigenvalue weighted by molar-refractivity contribution is 0.161. The van der Waals surface area contributed by atoms with Crippen molar-refractivity contribution < 1.29 is 0 Å². The summed E-state index contributed by atoms with van der Waals surface area (Å²) in [6.07, 6.45) is 5.86. The summed E-state index contributed by atoms with van der Waals surface area (Å²) >= 11 is 0. The molecule has 0 bridgehead atoms. The molecule has 1 aliphatic heterocycles. The lowest BCUT2D eigenvalue weighted by atomic mass is 9.73. The van der Waals surface area contributed by atoms with Crippen molar-refractivity contribution in [3.63, 3.8) is 0 Å². The second-order valence-electron chi connectivity index (χ2n) is 10.6. The molecule has 1 aromatic carbocycles. The fraction of sp³-hybridized carbons (Fsp3) is 0.440. The van der Waals surface area contributed by atoms with Crippen molar-refractivity contribution in [1.29, 1.82) is 0 Å². The lowest BCUT2D eigenvalue weighted by Crippen LogP contribution is -2.57. The highest BCUT2D eigenvalue weighted by molar-refractivity contribution is 5.86. The molecule has 2 N–H and O–H groups in total. The van der Waals surface area contributed by atoms with Crippen molar-refractivity contribution in [2.45, 2.75) is 64.5 Å². The molecule has 0 spiro atoms. The van der Waals surface area contributed by atoms with Crippen LogP contribution in [0.25, 0.3) is 33.3 Å². The van der Waals surface area contributed by atoms with Gasteiger partial charge in [0.1, 0.15) is 5.82 Å².